The van der Waals surface area contributed by atoms with Crippen LogP contribution in [0.1, 0.15) is 0 Å². The van der Waals surface area contributed by atoms with E-state index in [1.54, 1.807) is 29.0 Å². The summed E-state index contributed by atoms with van der Waals surface area (Å²) < 4.78 is 2.10. The largest absolute Gasteiger partial charge is 0.253 e. The summed E-state index contributed by atoms with van der Waals surface area (Å²) in [5, 5.41) is 2.15. The lowest BCUT2D eigenvalue weighted by Crippen LogP contribution is -2.00. The van der Waals surface area contributed by atoms with Crippen molar-refractivity contribution in [1.29, 1.82) is 0 Å². The van der Waals surface area contributed by atoms with Crippen LogP contribution < -0.4 is 0 Å². The van der Waals surface area contributed by atoms with Gasteiger partial charge in [-0.3, -0.25) is 4.98 Å². The molecule has 0 radical (unpaired) electrons. The maximum Gasteiger partial charge on any atom is 0.164 e. The molecule has 8 heterocycles. The van der Waals surface area contributed by atoms with Gasteiger partial charge in [0.1, 0.15) is 27.0 Å². The van der Waals surface area contributed by atoms with Gasteiger partial charge in [0, 0.05) is 61.5 Å². The highest BCUT2D eigenvalue weighted by molar-refractivity contribution is 7.26. The Bertz CT molecular complexity index is 6290. The minimum absolute atomic E-state index is 0.613. The first-order valence-electron chi connectivity index (χ1n) is 34.7. The first-order chi connectivity index (χ1) is 52.5. The van der Waals surface area contributed by atoms with Crippen LogP contribution in [0.25, 0.3) is 198 Å². The van der Waals surface area contributed by atoms with E-state index in [-0.39, 0.29) is 0 Å². The molecule has 0 aliphatic carbocycles. The Labute approximate surface area is 616 Å². The second-order valence-electron chi connectivity index (χ2n) is 25.6. The molecule has 12 aromatic carbocycles. The van der Waals surface area contributed by atoms with Gasteiger partial charge in [0.25, 0.3) is 0 Å². The normalized spacial score (nSPS) is 11.4. The van der Waals surface area contributed by atoms with E-state index in [2.05, 4.69) is 212 Å². The minimum atomic E-state index is 0.613. The third-order valence-electron chi connectivity index (χ3n) is 18.9. The third kappa shape index (κ3) is 12.4. The zero-order chi connectivity index (χ0) is 70.3. The van der Waals surface area contributed by atoms with Crippen molar-refractivity contribution in [1.82, 2.24) is 59.8 Å². The molecule has 0 atom stereocenters. The smallest absolute Gasteiger partial charge is 0.164 e. The number of pyridine rings is 2. The Balaban J connectivity index is 0.000000145. The Morgan fingerprint density at radius 2 is 0.575 bits per heavy atom. The molecule has 12 nitrogen and oxygen atoms in total. The maximum absolute atomic E-state index is 5.04. The van der Waals surface area contributed by atoms with E-state index in [0.29, 0.717) is 34.9 Å². The van der Waals surface area contributed by atoms with Crippen LogP contribution in [0.15, 0.2) is 340 Å². The Hall–Kier alpha value is -13.9. The molecule has 106 heavy (non-hydrogen) atoms. The number of para-hydroxylation sites is 3. The number of aromatic nitrogens is 12. The summed E-state index contributed by atoms with van der Waals surface area (Å²) in [7, 11) is 0. The SMILES string of the molecule is c1ccc(-c2ccc(-c3nc(-c4ccccc4)nc(-c4cccc(-c5cccc(-c6ccnc7c6sc6nc8ccccc8nc67)c5)c4)n3)cc2)cc1.c1ccc(-c2ccc(-c3nc(-c4ccccc4)nc(-c4cccc(-c5cccc(-c6ncnc7c6sc6nc8ccccc8cc67)c5)c4)n3)cc2)cc1. The highest BCUT2D eigenvalue weighted by atomic mass is 32.1. The van der Waals surface area contributed by atoms with Crippen LogP contribution in [0.3, 0.4) is 0 Å². The first-order valence-corrected chi connectivity index (χ1v) is 36.3. The average Bonchev–Trinajstić information content (AvgIpc) is 1.61. The molecule has 0 N–H and O–H groups in total. The fourth-order valence-electron chi connectivity index (χ4n) is 13.5. The van der Waals surface area contributed by atoms with Crippen LogP contribution in [0.4, 0.5) is 0 Å². The van der Waals surface area contributed by atoms with E-state index < -0.39 is 0 Å². The molecule has 0 saturated carbocycles. The predicted molar refractivity (Wildman–Crippen MR) is 432 cm³/mol. The minimum Gasteiger partial charge on any atom is -0.253 e. The summed E-state index contributed by atoms with van der Waals surface area (Å²) >= 11 is 3.28. The van der Waals surface area contributed by atoms with Gasteiger partial charge >= 0.3 is 0 Å². The van der Waals surface area contributed by atoms with Crippen molar-refractivity contribution in [3.8, 4) is 135 Å². The van der Waals surface area contributed by atoms with E-state index >= 15 is 0 Å². The maximum atomic E-state index is 5.04. The number of hydrogen-bond acceptors (Lipinski definition) is 14. The molecule has 0 saturated heterocycles. The third-order valence-corrected chi connectivity index (χ3v) is 21.1. The van der Waals surface area contributed by atoms with Crippen LogP contribution >= 0.6 is 22.7 Å². The molecular weight excluding hydrogens is 1340 g/mol. The fraction of sp³-hybridized carbons (Fsp3) is 0. The molecule has 0 amide bonds. The van der Waals surface area contributed by atoms with Crippen molar-refractivity contribution in [3.05, 3.63) is 340 Å². The van der Waals surface area contributed by atoms with Gasteiger partial charge < -0.3 is 0 Å². The molecular formula is C92H56N12S2. The molecule has 14 heteroatoms. The van der Waals surface area contributed by atoms with E-state index in [4.69, 9.17) is 59.8 Å². The molecule has 0 fully saturated rings. The van der Waals surface area contributed by atoms with Crippen LogP contribution in [0.5, 0.6) is 0 Å². The summed E-state index contributed by atoms with van der Waals surface area (Å²) in [4.78, 5) is 60.9. The van der Waals surface area contributed by atoms with E-state index in [0.717, 1.165) is 152 Å². The van der Waals surface area contributed by atoms with Gasteiger partial charge in [-0.2, -0.15) is 0 Å². The van der Waals surface area contributed by atoms with Gasteiger partial charge in [-0.1, -0.05) is 273 Å². The molecule has 20 rings (SSSR count). The highest BCUT2D eigenvalue weighted by Gasteiger charge is 2.21. The van der Waals surface area contributed by atoms with Crippen LogP contribution in [-0.2, 0) is 0 Å². The van der Waals surface area contributed by atoms with Crippen molar-refractivity contribution in [3.63, 3.8) is 0 Å². The van der Waals surface area contributed by atoms with Crippen molar-refractivity contribution in [2.24, 2.45) is 0 Å². The zero-order valence-corrected chi connectivity index (χ0v) is 58.1. The zero-order valence-electron chi connectivity index (χ0n) is 56.5. The second-order valence-corrected chi connectivity index (χ2v) is 27.6. The van der Waals surface area contributed by atoms with E-state index in [1.165, 1.54) is 11.1 Å². The van der Waals surface area contributed by atoms with Gasteiger partial charge in [-0.25, -0.2) is 54.8 Å². The molecule has 0 aliphatic heterocycles. The lowest BCUT2D eigenvalue weighted by Gasteiger charge is -2.11. The second kappa shape index (κ2) is 27.5. The van der Waals surface area contributed by atoms with Gasteiger partial charge in [-0.15, -0.1) is 22.7 Å². The molecule has 0 spiro atoms. The summed E-state index contributed by atoms with van der Waals surface area (Å²) in [6, 6.07) is 112. The number of benzene rings is 12. The van der Waals surface area contributed by atoms with Gasteiger partial charge in [-0.05, 0) is 105 Å². The number of rotatable bonds is 12. The molecule has 20 aromatic rings. The standard InChI is InChI=1S/2C46H28N6S/c1-3-11-29(12-4-1)30-21-23-32(24-22-30)44-50-43(31-13-5-2-6-14-31)51-45(52-44)36-18-10-16-34(28-36)33-15-9-17-35(27-33)37-25-26-47-40-41-46(53-42(37)40)49-39-20-8-7-19-38(39)48-41;1-3-11-29(12-4-1)30-21-23-32(24-22-30)44-50-43(31-13-5-2-6-14-31)51-45(52-44)37-19-10-17-34(26-37)33-16-9-18-36(25-33)40-42-41(48-28-47-40)38-27-35-15-7-8-20-39(35)49-46(38)53-42/h2*1-28H. The van der Waals surface area contributed by atoms with Gasteiger partial charge in [0.05, 0.1) is 37.2 Å². The van der Waals surface area contributed by atoms with E-state index in [1.807, 2.05) is 121 Å². The molecule has 0 aliphatic rings. The first kappa shape index (κ1) is 63.0. The topological polar surface area (TPSA) is 155 Å². The Kier molecular flexibility index (Phi) is 16.3. The Morgan fingerprint density at radius 3 is 1.10 bits per heavy atom. The number of nitrogens with zero attached hydrogens (tertiary/aromatic N) is 12. The lowest BCUT2D eigenvalue weighted by molar-refractivity contribution is 1.07. The van der Waals surface area contributed by atoms with E-state index in [9.17, 15) is 0 Å². The molecule has 496 valence electrons. The van der Waals surface area contributed by atoms with Crippen molar-refractivity contribution >= 4 is 85.6 Å². The lowest BCUT2D eigenvalue weighted by atomic mass is 9.98. The van der Waals surface area contributed by atoms with Gasteiger partial charge in [0.15, 0.2) is 34.9 Å². The summed E-state index contributed by atoms with van der Waals surface area (Å²) in [5.41, 5.74) is 23.9. The Morgan fingerprint density at radius 1 is 0.208 bits per heavy atom. The number of hydrogen-bond donors (Lipinski definition) is 0. The quantitative estimate of drug-likeness (QED) is 0.114. The van der Waals surface area contributed by atoms with Crippen LogP contribution in [-0.4, -0.2) is 59.8 Å². The molecule has 8 aromatic heterocycles. The van der Waals surface area contributed by atoms with Crippen molar-refractivity contribution < 1.29 is 0 Å². The summed E-state index contributed by atoms with van der Waals surface area (Å²) in [6.45, 7) is 0. The van der Waals surface area contributed by atoms with Crippen molar-refractivity contribution in [2.75, 3.05) is 0 Å². The highest BCUT2D eigenvalue weighted by Crippen LogP contribution is 2.42. The van der Waals surface area contributed by atoms with Crippen LogP contribution in [0.2, 0.25) is 0 Å². The van der Waals surface area contributed by atoms with Crippen molar-refractivity contribution in [2.45, 2.75) is 0 Å². The number of fused-ring (bicyclic) bond motifs is 8. The average molecular weight is 1390 g/mol. The van der Waals surface area contributed by atoms with Crippen LogP contribution in [0, 0.1) is 0 Å². The fourth-order valence-corrected chi connectivity index (χ4v) is 15.8. The molecule has 0 unspecified atom stereocenters. The molecule has 0 bridgehead atoms. The van der Waals surface area contributed by atoms with Gasteiger partial charge in [0.2, 0.25) is 0 Å². The number of thiophene rings is 2. The monoisotopic (exact) mass is 1390 g/mol. The summed E-state index contributed by atoms with van der Waals surface area (Å²) in [5.74, 6) is 3.74. The predicted octanol–water partition coefficient (Wildman–Crippen LogP) is 23.2. The summed E-state index contributed by atoms with van der Waals surface area (Å²) in [6.07, 6.45) is 3.52.